The lowest BCUT2D eigenvalue weighted by molar-refractivity contribution is -0.118. The molecule has 140 valence electrons. The summed E-state index contributed by atoms with van der Waals surface area (Å²) in [7, 11) is -4.08. The van der Waals surface area contributed by atoms with Gasteiger partial charge in [-0.1, -0.05) is 32.9 Å². The Morgan fingerprint density at radius 3 is 2.31 bits per heavy atom. The molecule has 2 aromatic carbocycles. The molecule has 0 atom stereocenters. The fraction of sp³-hybridized carbons (Fsp3) is 0.278. The number of anilines is 1. The number of carbonyl (C=O) groups excluding carboxylic acids is 1. The average Bonchev–Trinajstić information content (AvgIpc) is 2.51. The van der Waals surface area contributed by atoms with Crippen LogP contribution in [0.4, 0.5) is 10.1 Å². The molecule has 3 N–H and O–H groups in total. The van der Waals surface area contributed by atoms with Crippen molar-refractivity contribution in [3.05, 3.63) is 53.8 Å². The maximum atomic E-state index is 13.5. The number of primary sulfonamides is 1. The third-order valence-corrected chi connectivity index (χ3v) is 4.47. The molecule has 0 aromatic heterocycles. The Morgan fingerprint density at radius 2 is 1.77 bits per heavy atom. The zero-order valence-corrected chi connectivity index (χ0v) is 15.6. The Hall–Kier alpha value is -2.45. The smallest absolute Gasteiger partial charge is 0.262 e. The van der Waals surface area contributed by atoms with Gasteiger partial charge in [-0.3, -0.25) is 4.79 Å². The number of ether oxygens (including phenoxy) is 1. The fourth-order valence-electron chi connectivity index (χ4n) is 2.20. The summed E-state index contributed by atoms with van der Waals surface area (Å²) in [5, 5.41) is 7.35. The monoisotopic (exact) mass is 380 g/mol. The van der Waals surface area contributed by atoms with Crippen molar-refractivity contribution in [1.29, 1.82) is 0 Å². The molecule has 6 nitrogen and oxygen atoms in total. The summed E-state index contributed by atoms with van der Waals surface area (Å²) in [6.45, 7) is 5.96. The third kappa shape index (κ3) is 5.53. The molecule has 0 bridgehead atoms. The van der Waals surface area contributed by atoms with Crippen LogP contribution in [0.3, 0.4) is 0 Å². The molecular formula is C18H21FN2O4S. The zero-order valence-electron chi connectivity index (χ0n) is 14.7. The number of benzene rings is 2. The van der Waals surface area contributed by atoms with Gasteiger partial charge in [0.1, 0.15) is 11.6 Å². The second kappa shape index (κ2) is 7.43. The Labute approximate surface area is 152 Å². The van der Waals surface area contributed by atoms with E-state index in [9.17, 15) is 17.6 Å². The van der Waals surface area contributed by atoms with E-state index in [4.69, 9.17) is 9.88 Å². The lowest BCUT2D eigenvalue weighted by Crippen LogP contribution is -2.21. The van der Waals surface area contributed by atoms with Crippen LogP contribution in [0.5, 0.6) is 5.75 Å². The molecular weight excluding hydrogens is 359 g/mol. The predicted octanol–water partition coefficient (Wildman–Crippen LogP) is 2.79. The van der Waals surface area contributed by atoms with E-state index in [1.807, 2.05) is 12.1 Å². The van der Waals surface area contributed by atoms with Gasteiger partial charge in [0.15, 0.2) is 6.61 Å². The number of sulfonamides is 1. The minimum absolute atomic E-state index is 0.00826. The highest BCUT2D eigenvalue weighted by molar-refractivity contribution is 7.89. The SMILES string of the molecule is CC(C)(C)c1ccc(OCC(=O)Nc2cc(F)cc(S(N)(=O)=O)c2)cc1. The van der Waals surface area contributed by atoms with Gasteiger partial charge in [0, 0.05) is 5.69 Å². The van der Waals surface area contributed by atoms with Gasteiger partial charge in [-0.15, -0.1) is 0 Å². The summed E-state index contributed by atoms with van der Waals surface area (Å²) in [6, 6.07) is 10.2. The molecule has 0 unspecified atom stereocenters. The first-order chi connectivity index (χ1) is 11.9. The molecule has 0 spiro atoms. The summed E-state index contributed by atoms with van der Waals surface area (Å²) in [5.41, 5.74) is 1.12. The maximum absolute atomic E-state index is 13.5. The van der Waals surface area contributed by atoms with E-state index in [1.54, 1.807) is 12.1 Å². The van der Waals surface area contributed by atoms with Gasteiger partial charge in [-0.05, 0) is 41.3 Å². The van der Waals surface area contributed by atoms with Gasteiger partial charge in [-0.2, -0.15) is 0 Å². The van der Waals surface area contributed by atoms with E-state index in [0.29, 0.717) is 5.75 Å². The van der Waals surface area contributed by atoms with Crippen LogP contribution in [0.1, 0.15) is 26.3 Å². The van der Waals surface area contributed by atoms with Crippen molar-refractivity contribution in [3.63, 3.8) is 0 Å². The van der Waals surface area contributed by atoms with Crippen LogP contribution in [0.25, 0.3) is 0 Å². The number of nitrogens with two attached hydrogens (primary N) is 1. The van der Waals surface area contributed by atoms with Gasteiger partial charge < -0.3 is 10.1 Å². The van der Waals surface area contributed by atoms with Gasteiger partial charge in [-0.25, -0.2) is 17.9 Å². The van der Waals surface area contributed by atoms with Gasteiger partial charge >= 0.3 is 0 Å². The van der Waals surface area contributed by atoms with Crippen molar-refractivity contribution in [1.82, 2.24) is 0 Å². The Bertz CT molecular complexity index is 904. The molecule has 0 saturated heterocycles. The van der Waals surface area contributed by atoms with Crippen LogP contribution in [0.15, 0.2) is 47.4 Å². The van der Waals surface area contributed by atoms with E-state index >= 15 is 0 Å². The quantitative estimate of drug-likeness (QED) is 0.833. The van der Waals surface area contributed by atoms with E-state index in [2.05, 4.69) is 26.1 Å². The molecule has 0 radical (unpaired) electrons. The van der Waals surface area contributed by atoms with Gasteiger partial charge in [0.05, 0.1) is 4.90 Å². The molecule has 0 aliphatic rings. The largest absolute Gasteiger partial charge is 0.484 e. The molecule has 0 aliphatic carbocycles. The lowest BCUT2D eigenvalue weighted by Gasteiger charge is -2.19. The van der Waals surface area contributed by atoms with Gasteiger partial charge in [0.25, 0.3) is 5.91 Å². The summed E-state index contributed by atoms with van der Waals surface area (Å²) < 4.78 is 41.5. The van der Waals surface area contributed by atoms with Crippen LogP contribution in [-0.2, 0) is 20.2 Å². The van der Waals surface area contributed by atoms with E-state index in [-0.39, 0.29) is 17.7 Å². The molecule has 0 fully saturated rings. The van der Waals surface area contributed by atoms with Crippen LogP contribution in [0.2, 0.25) is 0 Å². The second-order valence-corrected chi connectivity index (χ2v) is 8.39. The standard InChI is InChI=1S/C18H21FN2O4S/c1-18(2,3)12-4-6-15(7-5-12)25-11-17(22)21-14-8-13(19)9-16(10-14)26(20,23)24/h4-10H,11H2,1-3H3,(H,21,22)(H2,20,23,24). The zero-order chi connectivity index (χ0) is 19.5. The minimum atomic E-state index is -4.08. The predicted molar refractivity (Wildman–Crippen MR) is 97.0 cm³/mol. The fourth-order valence-corrected chi connectivity index (χ4v) is 2.76. The molecule has 8 heteroatoms. The molecule has 2 aromatic rings. The second-order valence-electron chi connectivity index (χ2n) is 6.83. The highest BCUT2D eigenvalue weighted by Crippen LogP contribution is 2.24. The van der Waals surface area contributed by atoms with Crippen molar-refractivity contribution in [2.24, 2.45) is 5.14 Å². The number of halogens is 1. The van der Waals surface area contributed by atoms with Crippen molar-refractivity contribution in [2.75, 3.05) is 11.9 Å². The molecule has 2 rings (SSSR count). The van der Waals surface area contributed by atoms with Crippen molar-refractivity contribution in [3.8, 4) is 5.75 Å². The maximum Gasteiger partial charge on any atom is 0.262 e. The Kier molecular flexibility index (Phi) is 5.68. The molecule has 1 amide bonds. The highest BCUT2D eigenvalue weighted by atomic mass is 32.2. The van der Waals surface area contributed by atoms with Gasteiger partial charge in [0.2, 0.25) is 10.0 Å². The molecule has 0 saturated carbocycles. The lowest BCUT2D eigenvalue weighted by atomic mass is 9.87. The van der Waals surface area contributed by atoms with Crippen molar-refractivity contribution in [2.45, 2.75) is 31.1 Å². The van der Waals surface area contributed by atoms with Crippen LogP contribution in [-0.4, -0.2) is 20.9 Å². The summed E-state index contributed by atoms with van der Waals surface area (Å²) >= 11 is 0. The van der Waals surface area contributed by atoms with E-state index in [0.717, 1.165) is 23.8 Å². The third-order valence-electron chi connectivity index (χ3n) is 3.57. The number of hydrogen-bond acceptors (Lipinski definition) is 4. The molecule has 26 heavy (non-hydrogen) atoms. The van der Waals surface area contributed by atoms with Crippen LogP contribution >= 0.6 is 0 Å². The van der Waals surface area contributed by atoms with Crippen LogP contribution in [0, 0.1) is 5.82 Å². The minimum Gasteiger partial charge on any atom is -0.484 e. The first-order valence-corrected chi connectivity index (χ1v) is 9.36. The summed E-state index contributed by atoms with van der Waals surface area (Å²) in [5.74, 6) is -0.876. The topological polar surface area (TPSA) is 98.5 Å². The normalized spacial score (nSPS) is 11.9. The number of nitrogens with one attached hydrogen (secondary N) is 1. The summed E-state index contributed by atoms with van der Waals surface area (Å²) in [4.78, 5) is 11.5. The van der Waals surface area contributed by atoms with Crippen molar-refractivity contribution >= 4 is 21.6 Å². The number of amides is 1. The van der Waals surface area contributed by atoms with E-state index in [1.165, 1.54) is 0 Å². The van der Waals surface area contributed by atoms with Crippen LogP contribution < -0.4 is 15.2 Å². The Morgan fingerprint density at radius 1 is 1.15 bits per heavy atom. The first kappa shape index (κ1) is 19.9. The highest BCUT2D eigenvalue weighted by Gasteiger charge is 2.14. The molecule has 0 heterocycles. The Balaban J connectivity index is 2.00. The number of carbonyl (C=O) groups is 1. The van der Waals surface area contributed by atoms with Crippen molar-refractivity contribution < 1.29 is 22.3 Å². The first-order valence-electron chi connectivity index (χ1n) is 7.82. The average molecular weight is 380 g/mol. The molecule has 0 aliphatic heterocycles. The van der Waals surface area contributed by atoms with E-state index < -0.39 is 26.6 Å². The number of rotatable bonds is 5. The number of hydrogen-bond donors (Lipinski definition) is 2. The summed E-state index contributed by atoms with van der Waals surface area (Å²) in [6.07, 6.45) is 0.